The number of halogens is 3. The van der Waals surface area contributed by atoms with Gasteiger partial charge in [-0.05, 0) is 146 Å². The average molecular weight is 1050 g/mol. The van der Waals surface area contributed by atoms with Gasteiger partial charge in [0.1, 0.15) is 17.5 Å². The number of aromatic nitrogens is 2. The number of nitrogens with zero attached hydrogens (tertiary/aromatic N) is 4. The molecule has 2 atom stereocenters. The summed E-state index contributed by atoms with van der Waals surface area (Å²) in [6.45, 7) is 27.0. The molecule has 5 N–H and O–H groups in total. The molecule has 2 saturated carbocycles. The fraction of sp³-hybridized carbons (Fsp3) is 0.492. The molecule has 5 aromatic rings. The van der Waals surface area contributed by atoms with E-state index in [4.69, 9.17) is 22.4 Å². The molecule has 76 heavy (non-hydrogen) atoms. The van der Waals surface area contributed by atoms with Gasteiger partial charge in [-0.15, -0.1) is 0 Å². The predicted octanol–water partition coefficient (Wildman–Crippen LogP) is 14.1. The van der Waals surface area contributed by atoms with Crippen LogP contribution < -0.4 is 26.6 Å². The molecule has 2 unspecified atom stereocenters. The maximum absolute atomic E-state index is 15.9. The Hall–Kier alpha value is -5.42. The fourth-order valence-electron chi connectivity index (χ4n) is 14.0. The Morgan fingerprint density at radius 3 is 2.41 bits per heavy atom. The highest BCUT2D eigenvalue weighted by atomic mass is 35.5. The van der Waals surface area contributed by atoms with Crippen LogP contribution >= 0.6 is 11.6 Å². The number of likely N-dealkylation sites (N-methyl/N-ethyl adjacent to an activating group) is 1. The van der Waals surface area contributed by atoms with Crippen LogP contribution in [0.1, 0.15) is 137 Å². The maximum Gasteiger partial charge on any atom is 0.164 e. The van der Waals surface area contributed by atoms with Crippen LogP contribution in [0.3, 0.4) is 0 Å². The minimum absolute atomic E-state index is 0.0721. The molecule has 406 valence electrons. The molecule has 2 saturated heterocycles. The van der Waals surface area contributed by atoms with E-state index in [-0.39, 0.29) is 21.7 Å². The lowest BCUT2D eigenvalue weighted by Gasteiger charge is -2.54. The lowest BCUT2D eigenvalue weighted by Crippen LogP contribution is -2.58. The number of rotatable bonds is 18. The molecule has 5 aliphatic rings. The van der Waals surface area contributed by atoms with Crippen LogP contribution in [-0.2, 0) is 31.7 Å². The van der Waals surface area contributed by atoms with Gasteiger partial charge >= 0.3 is 0 Å². The van der Waals surface area contributed by atoms with Gasteiger partial charge in [-0.3, -0.25) is 4.68 Å². The molecule has 8 nitrogen and oxygen atoms in total. The molecular weight excluding hydrogens is 966 g/mol. The zero-order valence-electron chi connectivity index (χ0n) is 46.1. The van der Waals surface area contributed by atoms with E-state index in [0.29, 0.717) is 53.8 Å². The third-order valence-corrected chi connectivity index (χ3v) is 18.6. The van der Waals surface area contributed by atoms with Crippen molar-refractivity contribution in [3.8, 4) is 11.1 Å². The molecule has 2 aliphatic heterocycles. The van der Waals surface area contributed by atoms with Crippen molar-refractivity contribution in [3.63, 3.8) is 0 Å². The van der Waals surface area contributed by atoms with Gasteiger partial charge in [0.25, 0.3) is 0 Å². The molecule has 0 amide bonds. The molecule has 4 aromatic carbocycles. The number of hydrogen-bond acceptors (Lipinski definition) is 7. The van der Waals surface area contributed by atoms with E-state index in [2.05, 4.69) is 101 Å². The van der Waals surface area contributed by atoms with Gasteiger partial charge < -0.3 is 31.5 Å². The number of fused-ring (bicyclic) bond motifs is 2. The first kappa shape index (κ1) is 55.3. The van der Waals surface area contributed by atoms with Crippen LogP contribution in [0.2, 0.25) is 5.02 Å². The van der Waals surface area contributed by atoms with E-state index < -0.39 is 11.6 Å². The average Bonchev–Trinajstić information content (AvgIpc) is 3.95. The van der Waals surface area contributed by atoms with Crippen molar-refractivity contribution in [1.29, 1.82) is 0 Å². The molecule has 11 heteroatoms. The summed E-state index contributed by atoms with van der Waals surface area (Å²) >= 11 is 6.58. The second kappa shape index (κ2) is 24.1. The van der Waals surface area contributed by atoms with Crippen LogP contribution in [0.15, 0.2) is 111 Å². The summed E-state index contributed by atoms with van der Waals surface area (Å²) < 4.78 is 33.1. The second-order valence-corrected chi connectivity index (χ2v) is 24.1. The number of anilines is 1. The molecule has 1 spiro atoms. The first-order chi connectivity index (χ1) is 36.6. The summed E-state index contributed by atoms with van der Waals surface area (Å²) in [5.74, 6) is 4.31. The first-order valence-electron chi connectivity index (χ1n) is 28.6. The van der Waals surface area contributed by atoms with E-state index in [1.54, 1.807) is 12.1 Å². The molecule has 0 radical (unpaired) electrons. The van der Waals surface area contributed by atoms with Gasteiger partial charge in [0.2, 0.25) is 0 Å². The zero-order valence-corrected chi connectivity index (χ0v) is 46.9. The van der Waals surface area contributed by atoms with Crippen molar-refractivity contribution in [2.75, 3.05) is 51.2 Å². The number of nitrogens with one attached hydrogen (secondary N) is 3. The van der Waals surface area contributed by atoms with Crippen molar-refractivity contribution < 1.29 is 8.78 Å². The highest BCUT2D eigenvalue weighted by Gasteiger charge is 2.46. The Kier molecular flexibility index (Phi) is 17.5. The third kappa shape index (κ3) is 11.8. The summed E-state index contributed by atoms with van der Waals surface area (Å²) in [5.41, 5.74) is 14.8. The van der Waals surface area contributed by atoms with Gasteiger partial charge in [-0.1, -0.05) is 139 Å². The van der Waals surface area contributed by atoms with E-state index in [9.17, 15) is 0 Å². The minimum Gasteiger partial charge on any atom is -0.399 e. The molecular formula is C65H85ClF2N8. The van der Waals surface area contributed by atoms with Gasteiger partial charge in [-0.25, -0.2) is 8.78 Å². The van der Waals surface area contributed by atoms with Gasteiger partial charge in [-0.2, -0.15) is 5.10 Å². The van der Waals surface area contributed by atoms with Gasteiger partial charge in [0.05, 0.1) is 10.5 Å². The second-order valence-electron chi connectivity index (χ2n) is 23.7. The van der Waals surface area contributed by atoms with Crippen molar-refractivity contribution >= 4 is 34.0 Å². The summed E-state index contributed by atoms with van der Waals surface area (Å²) in [7, 11) is 3.98. The summed E-state index contributed by atoms with van der Waals surface area (Å²) in [6, 6.07) is 22.3. The van der Waals surface area contributed by atoms with E-state index in [1.807, 2.05) is 38.4 Å². The van der Waals surface area contributed by atoms with Gasteiger partial charge in [0.15, 0.2) is 5.82 Å². The Balaban J connectivity index is 0.000000193. The third-order valence-electron chi connectivity index (χ3n) is 18.2. The Morgan fingerprint density at radius 1 is 0.974 bits per heavy atom. The lowest BCUT2D eigenvalue weighted by molar-refractivity contribution is -0.0412. The van der Waals surface area contributed by atoms with E-state index in [0.717, 1.165) is 77.7 Å². The number of nitrogens with two attached hydrogens (primary N) is 1. The SMILES string of the molecule is C=C(N)c1ccc(CCC)c(F)c1-c1c(Cl)c(F)cc2c1CC(CNC)(c1ccccc1)C2.C=CNCCC(CCC1CCC(C)CC1)CN1CC2(CCC(c3ccc4c(N5CCC(=C)NC5=C)nn(C)c4c3)CC2)C1. The van der Waals surface area contributed by atoms with E-state index in [1.165, 1.54) is 113 Å². The fourth-order valence-corrected chi connectivity index (χ4v) is 14.3. The van der Waals surface area contributed by atoms with Crippen molar-refractivity contribution in [3.05, 3.63) is 161 Å². The zero-order chi connectivity index (χ0) is 53.7. The number of aryl methyl sites for hydroxylation is 2. The van der Waals surface area contributed by atoms with Crippen LogP contribution in [0.4, 0.5) is 14.6 Å². The largest absolute Gasteiger partial charge is 0.399 e. The van der Waals surface area contributed by atoms with E-state index >= 15 is 8.78 Å². The number of hydrogen-bond donors (Lipinski definition) is 4. The Bertz CT molecular complexity index is 2880. The quantitative estimate of drug-likeness (QED) is 0.0651. The lowest BCUT2D eigenvalue weighted by atomic mass is 9.64. The molecule has 3 aliphatic carbocycles. The molecule has 10 rings (SSSR count). The van der Waals surface area contributed by atoms with Crippen LogP contribution in [0, 0.1) is 34.8 Å². The Labute approximate surface area is 458 Å². The Morgan fingerprint density at radius 2 is 1.72 bits per heavy atom. The van der Waals surface area contributed by atoms with Crippen molar-refractivity contribution in [2.24, 2.45) is 36.0 Å². The minimum atomic E-state index is -0.549. The van der Waals surface area contributed by atoms with Gasteiger partial charge in [0, 0.05) is 91.6 Å². The van der Waals surface area contributed by atoms with Crippen LogP contribution in [-0.4, -0.2) is 61.0 Å². The molecule has 0 bridgehead atoms. The number of benzene rings is 4. The molecule has 1 aromatic heterocycles. The summed E-state index contributed by atoms with van der Waals surface area (Å²) in [5, 5.41) is 16.0. The molecule has 3 heterocycles. The van der Waals surface area contributed by atoms with Crippen molar-refractivity contribution in [1.82, 2.24) is 30.6 Å². The normalized spacial score (nSPS) is 21.9. The molecule has 4 fully saturated rings. The van der Waals surface area contributed by atoms with Crippen molar-refractivity contribution in [2.45, 2.75) is 128 Å². The maximum atomic E-state index is 15.9. The monoisotopic (exact) mass is 1050 g/mol. The smallest absolute Gasteiger partial charge is 0.164 e. The topological polar surface area (TPSA) is 86.4 Å². The highest BCUT2D eigenvalue weighted by Crippen LogP contribution is 2.51. The van der Waals surface area contributed by atoms with Crippen LogP contribution in [0.25, 0.3) is 27.7 Å². The first-order valence-corrected chi connectivity index (χ1v) is 28.9. The standard InChI is InChI=1S/C37H56N6.C28H29ClF2N2/c1-6-38-21-17-31(12-11-30-9-7-27(2)8-10-30)24-42-25-37(26-42)19-15-32(16-20-37)33-13-14-34-35(23-33)41(5)40-36(34)43-22-18-28(3)39-29(43)4;1-4-8-18-11-12-21(17(2)32)25(27(18)31)24-22-15-28(16-33-3,20-9-6-5-7-10-20)14-19(22)13-23(30)26(24)29/h6,13-14,23,27,30-32,38-39H,1,3-4,7-12,15-22,24-26H2,2,5H3;5-7,9-13,33H,2,4,8,14-16,32H2,1,3H3. The number of likely N-dealkylation sites (tertiary alicyclic amines) is 1. The predicted molar refractivity (Wildman–Crippen MR) is 314 cm³/mol. The highest BCUT2D eigenvalue weighted by molar-refractivity contribution is 6.34. The van der Waals surface area contributed by atoms with Crippen LogP contribution in [0.5, 0.6) is 0 Å². The summed E-state index contributed by atoms with van der Waals surface area (Å²) in [4.78, 5) is 4.99. The summed E-state index contributed by atoms with van der Waals surface area (Å²) in [6.07, 6.45) is 20.7.